The number of nitrogens with zero attached hydrogens (tertiary/aromatic N) is 2. The number of likely N-dealkylation sites (tertiary alicyclic amines) is 1. The van der Waals surface area contributed by atoms with Gasteiger partial charge in [-0.2, -0.15) is 0 Å². The lowest BCUT2D eigenvalue weighted by Gasteiger charge is -2.21. The average Bonchev–Trinajstić information content (AvgIpc) is 2.92. The van der Waals surface area contributed by atoms with Crippen LogP contribution in [0, 0.1) is 0 Å². The van der Waals surface area contributed by atoms with Crippen LogP contribution in [0.4, 0.5) is 5.69 Å². The lowest BCUT2D eigenvalue weighted by atomic mass is 10.2. The lowest BCUT2D eigenvalue weighted by molar-refractivity contribution is 0.0932. The number of carbonyl (C=O) groups is 1. The van der Waals surface area contributed by atoms with E-state index in [1.54, 1.807) is 18.5 Å². The molecule has 1 aromatic heterocycles. The SMILES string of the molecule is CCNc1cnccc1C(=O)NC(C)CN1CCCC1. The van der Waals surface area contributed by atoms with Gasteiger partial charge in [0.15, 0.2) is 0 Å². The van der Waals surface area contributed by atoms with Crippen molar-refractivity contribution >= 4 is 11.6 Å². The number of rotatable bonds is 6. The van der Waals surface area contributed by atoms with Gasteiger partial charge in [0.25, 0.3) is 5.91 Å². The van der Waals surface area contributed by atoms with Gasteiger partial charge in [0.2, 0.25) is 0 Å². The average molecular weight is 276 g/mol. The fourth-order valence-corrected chi connectivity index (χ4v) is 2.62. The molecular formula is C15H24N4O. The second kappa shape index (κ2) is 7.24. The van der Waals surface area contributed by atoms with Gasteiger partial charge in [0, 0.05) is 25.3 Å². The van der Waals surface area contributed by atoms with Crippen molar-refractivity contribution in [3.63, 3.8) is 0 Å². The Labute approximate surface area is 120 Å². The molecule has 5 nitrogen and oxygen atoms in total. The number of anilines is 1. The monoisotopic (exact) mass is 276 g/mol. The summed E-state index contributed by atoms with van der Waals surface area (Å²) in [6, 6.07) is 1.92. The Bertz CT molecular complexity index is 443. The molecule has 1 atom stereocenters. The molecule has 2 heterocycles. The summed E-state index contributed by atoms with van der Waals surface area (Å²) in [6.07, 6.45) is 5.90. The molecule has 0 bridgehead atoms. The van der Waals surface area contributed by atoms with Crippen LogP contribution in [-0.2, 0) is 0 Å². The first-order valence-corrected chi connectivity index (χ1v) is 7.41. The summed E-state index contributed by atoms with van der Waals surface area (Å²) >= 11 is 0. The van der Waals surface area contributed by atoms with E-state index in [1.165, 1.54) is 12.8 Å². The Balaban J connectivity index is 1.93. The fourth-order valence-electron chi connectivity index (χ4n) is 2.62. The predicted octanol–water partition coefficient (Wildman–Crippen LogP) is 1.73. The van der Waals surface area contributed by atoms with Gasteiger partial charge in [0.05, 0.1) is 17.4 Å². The quantitative estimate of drug-likeness (QED) is 0.831. The zero-order valence-electron chi connectivity index (χ0n) is 12.4. The van der Waals surface area contributed by atoms with E-state index in [2.05, 4.69) is 27.4 Å². The van der Waals surface area contributed by atoms with E-state index in [9.17, 15) is 4.79 Å². The van der Waals surface area contributed by atoms with Gasteiger partial charge < -0.3 is 15.5 Å². The normalized spacial score (nSPS) is 16.9. The summed E-state index contributed by atoms with van der Waals surface area (Å²) in [4.78, 5) is 18.8. The van der Waals surface area contributed by atoms with Crippen molar-refractivity contribution in [2.45, 2.75) is 32.7 Å². The number of aromatic nitrogens is 1. The summed E-state index contributed by atoms with van der Waals surface area (Å²) in [6.45, 7) is 8.06. The van der Waals surface area contributed by atoms with Gasteiger partial charge in [-0.25, -0.2) is 0 Å². The van der Waals surface area contributed by atoms with E-state index in [0.29, 0.717) is 5.56 Å². The summed E-state index contributed by atoms with van der Waals surface area (Å²) in [5.74, 6) is -0.0324. The Kier molecular flexibility index (Phi) is 5.35. The standard InChI is InChI=1S/C15H24N4O/c1-3-17-14-10-16-7-6-13(14)15(20)18-12(2)11-19-8-4-5-9-19/h6-7,10,12,17H,3-5,8-9,11H2,1-2H3,(H,18,20). The van der Waals surface area contributed by atoms with Crippen LogP contribution in [-0.4, -0.2) is 48.0 Å². The molecule has 20 heavy (non-hydrogen) atoms. The van der Waals surface area contributed by atoms with E-state index in [0.717, 1.165) is 31.9 Å². The van der Waals surface area contributed by atoms with Crippen molar-refractivity contribution in [3.8, 4) is 0 Å². The van der Waals surface area contributed by atoms with Gasteiger partial charge >= 0.3 is 0 Å². The molecule has 0 aliphatic carbocycles. The van der Waals surface area contributed by atoms with E-state index in [4.69, 9.17) is 0 Å². The molecule has 1 aliphatic heterocycles. The molecule has 1 fully saturated rings. The lowest BCUT2D eigenvalue weighted by Crippen LogP contribution is -2.41. The number of carbonyl (C=O) groups excluding carboxylic acids is 1. The molecule has 1 unspecified atom stereocenters. The maximum absolute atomic E-state index is 12.3. The first-order chi connectivity index (χ1) is 9.70. The molecule has 0 aromatic carbocycles. The van der Waals surface area contributed by atoms with Gasteiger partial charge in [-0.15, -0.1) is 0 Å². The number of pyridine rings is 1. The van der Waals surface area contributed by atoms with Gasteiger partial charge in [0.1, 0.15) is 0 Å². The van der Waals surface area contributed by atoms with E-state index in [-0.39, 0.29) is 11.9 Å². The Morgan fingerprint density at radius 2 is 2.20 bits per heavy atom. The highest BCUT2D eigenvalue weighted by molar-refractivity contribution is 5.99. The van der Waals surface area contributed by atoms with Crippen LogP contribution in [0.3, 0.4) is 0 Å². The third kappa shape index (κ3) is 3.93. The highest BCUT2D eigenvalue weighted by Crippen LogP contribution is 2.13. The summed E-state index contributed by atoms with van der Waals surface area (Å²) in [5.41, 5.74) is 1.45. The number of hydrogen-bond donors (Lipinski definition) is 2. The van der Waals surface area contributed by atoms with Gasteiger partial charge in [-0.3, -0.25) is 9.78 Å². The molecule has 1 aliphatic rings. The molecule has 110 valence electrons. The van der Waals surface area contributed by atoms with Crippen LogP contribution in [0.2, 0.25) is 0 Å². The molecule has 1 aromatic rings. The topological polar surface area (TPSA) is 57.3 Å². The third-order valence-electron chi connectivity index (χ3n) is 3.54. The van der Waals surface area contributed by atoms with Crippen LogP contribution in [0.15, 0.2) is 18.5 Å². The van der Waals surface area contributed by atoms with E-state index < -0.39 is 0 Å². The molecule has 2 N–H and O–H groups in total. The van der Waals surface area contributed by atoms with Crippen molar-refractivity contribution < 1.29 is 4.79 Å². The highest BCUT2D eigenvalue weighted by Gasteiger charge is 2.17. The summed E-state index contributed by atoms with van der Waals surface area (Å²) in [5, 5.41) is 6.24. The molecule has 1 saturated heterocycles. The van der Waals surface area contributed by atoms with Crippen LogP contribution < -0.4 is 10.6 Å². The van der Waals surface area contributed by atoms with Crippen LogP contribution in [0.5, 0.6) is 0 Å². The minimum Gasteiger partial charge on any atom is -0.383 e. The first kappa shape index (κ1) is 14.8. The predicted molar refractivity (Wildman–Crippen MR) is 81.0 cm³/mol. The maximum atomic E-state index is 12.3. The van der Waals surface area contributed by atoms with Crippen molar-refractivity contribution in [1.82, 2.24) is 15.2 Å². The molecule has 1 amide bonds. The second-order valence-corrected chi connectivity index (χ2v) is 5.33. The maximum Gasteiger partial charge on any atom is 0.253 e. The zero-order valence-corrected chi connectivity index (χ0v) is 12.4. The zero-order chi connectivity index (χ0) is 14.4. The molecule has 0 saturated carbocycles. The van der Waals surface area contributed by atoms with E-state index >= 15 is 0 Å². The number of amides is 1. The highest BCUT2D eigenvalue weighted by atomic mass is 16.1. The van der Waals surface area contributed by atoms with Crippen LogP contribution in [0.25, 0.3) is 0 Å². The molecule has 0 radical (unpaired) electrons. The van der Waals surface area contributed by atoms with Crippen LogP contribution >= 0.6 is 0 Å². The second-order valence-electron chi connectivity index (χ2n) is 5.33. The molecular weight excluding hydrogens is 252 g/mol. The largest absolute Gasteiger partial charge is 0.383 e. The van der Waals surface area contributed by atoms with Crippen molar-refractivity contribution in [3.05, 3.63) is 24.0 Å². The molecule has 5 heteroatoms. The molecule has 2 rings (SSSR count). The summed E-state index contributed by atoms with van der Waals surface area (Å²) in [7, 11) is 0. The van der Waals surface area contributed by atoms with Crippen molar-refractivity contribution in [2.75, 3.05) is 31.5 Å². The Hall–Kier alpha value is -1.62. The molecule has 0 spiro atoms. The Morgan fingerprint density at radius 1 is 1.45 bits per heavy atom. The van der Waals surface area contributed by atoms with E-state index in [1.807, 2.05) is 6.92 Å². The fraction of sp³-hybridized carbons (Fsp3) is 0.600. The van der Waals surface area contributed by atoms with Crippen LogP contribution in [0.1, 0.15) is 37.0 Å². The minimum absolute atomic E-state index is 0.0324. The third-order valence-corrected chi connectivity index (χ3v) is 3.54. The number of hydrogen-bond acceptors (Lipinski definition) is 4. The Morgan fingerprint density at radius 3 is 2.90 bits per heavy atom. The smallest absolute Gasteiger partial charge is 0.253 e. The summed E-state index contributed by atoms with van der Waals surface area (Å²) < 4.78 is 0. The van der Waals surface area contributed by atoms with Gasteiger partial charge in [-0.05, 0) is 45.8 Å². The number of nitrogens with one attached hydrogen (secondary N) is 2. The minimum atomic E-state index is -0.0324. The van der Waals surface area contributed by atoms with Crippen molar-refractivity contribution in [1.29, 1.82) is 0 Å². The van der Waals surface area contributed by atoms with Crippen molar-refractivity contribution in [2.24, 2.45) is 0 Å². The first-order valence-electron chi connectivity index (χ1n) is 7.41. The van der Waals surface area contributed by atoms with Gasteiger partial charge in [-0.1, -0.05) is 0 Å².